The number of thioether (sulfide) groups is 1. The van der Waals surface area contributed by atoms with Crippen LogP contribution in [0.25, 0.3) is 0 Å². The molecule has 0 aliphatic heterocycles. The summed E-state index contributed by atoms with van der Waals surface area (Å²) in [6.45, 7) is 6.72. The number of halogens is 3. The Kier molecular flexibility index (Phi) is 9.55. The summed E-state index contributed by atoms with van der Waals surface area (Å²) in [5.74, 6) is -1.47. The normalized spacial score (nSPS) is 12.1. The highest BCUT2D eigenvalue weighted by molar-refractivity contribution is 8.01. The van der Waals surface area contributed by atoms with Crippen LogP contribution >= 0.6 is 11.8 Å². The fourth-order valence-electron chi connectivity index (χ4n) is 1.47. The molecule has 22 heavy (non-hydrogen) atoms. The lowest BCUT2D eigenvalue weighted by Gasteiger charge is -2.16. The van der Waals surface area contributed by atoms with Gasteiger partial charge in [-0.15, -0.1) is 11.8 Å². The quantitative estimate of drug-likeness (QED) is 0.634. The minimum Gasteiger partial charge on any atom is -0.355 e. The summed E-state index contributed by atoms with van der Waals surface area (Å²) in [6, 6.07) is 0. The zero-order chi connectivity index (χ0) is 17.2. The van der Waals surface area contributed by atoms with Crippen molar-refractivity contribution in [1.82, 2.24) is 10.6 Å². The molecule has 0 fully saturated rings. The number of alkyl halides is 3. The molecule has 0 unspecified atom stereocenters. The number of rotatable bonds is 9. The van der Waals surface area contributed by atoms with Crippen molar-refractivity contribution in [3.63, 3.8) is 0 Å². The van der Waals surface area contributed by atoms with E-state index in [-0.39, 0.29) is 17.2 Å². The van der Waals surface area contributed by atoms with Crippen molar-refractivity contribution in [2.24, 2.45) is 0 Å². The molecule has 0 aromatic heterocycles. The van der Waals surface area contributed by atoms with Gasteiger partial charge in [0, 0.05) is 17.8 Å². The predicted molar refractivity (Wildman–Crippen MR) is 82.8 cm³/mol. The summed E-state index contributed by atoms with van der Waals surface area (Å²) in [5.41, 5.74) is 0. The summed E-state index contributed by atoms with van der Waals surface area (Å²) in [6.07, 6.45) is -2.02. The van der Waals surface area contributed by atoms with Gasteiger partial charge < -0.3 is 10.6 Å². The van der Waals surface area contributed by atoms with Gasteiger partial charge in [-0.05, 0) is 12.8 Å². The van der Waals surface area contributed by atoms with Crippen LogP contribution in [0, 0.1) is 0 Å². The van der Waals surface area contributed by atoms with E-state index in [0.717, 1.165) is 12.8 Å². The van der Waals surface area contributed by atoms with Crippen LogP contribution in [0.2, 0.25) is 0 Å². The first-order valence-electron chi connectivity index (χ1n) is 7.28. The second kappa shape index (κ2) is 9.97. The molecule has 0 atom stereocenters. The molecule has 0 aromatic rings. The van der Waals surface area contributed by atoms with Crippen molar-refractivity contribution in [3.05, 3.63) is 0 Å². The summed E-state index contributed by atoms with van der Waals surface area (Å²) in [7, 11) is 0. The molecule has 0 aliphatic carbocycles. The topological polar surface area (TPSA) is 58.2 Å². The first-order chi connectivity index (χ1) is 10.0. The van der Waals surface area contributed by atoms with Gasteiger partial charge in [-0.1, -0.05) is 33.6 Å². The molecule has 0 spiro atoms. The van der Waals surface area contributed by atoms with E-state index in [1.54, 1.807) is 11.8 Å². The standard InChI is InChI=1S/C14H25F3N2O2S/c1-13(2,3)22-10-11(20)18-8-6-4-5-7-9-19-12(21)14(15,16)17/h4-10H2,1-3H3,(H,18,20)(H,19,21). The SMILES string of the molecule is CC(C)(C)SCC(=O)NCCCCCCNC(=O)C(F)(F)F. The minimum atomic E-state index is -4.81. The van der Waals surface area contributed by atoms with Gasteiger partial charge in [0.15, 0.2) is 0 Å². The van der Waals surface area contributed by atoms with E-state index in [0.29, 0.717) is 25.1 Å². The van der Waals surface area contributed by atoms with Crippen LogP contribution in [0.4, 0.5) is 13.2 Å². The molecular formula is C14H25F3N2O2S. The Morgan fingerprint density at radius 3 is 1.86 bits per heavy atom. The van der Waals surface area contributed by atoms with Gasteiger partial charge in [-0.25, -0.2) is 0 Å². The zero-order valence-corrected chi connectivity index (χ0v) is 14.1. The second-order valence-electron chi connectivity index (χ2n) is 5.92. The van der Waals surface area contributed by atoms with Crippen molar-refractivity contribution < 1.29 is 22.8 Å². The molecule has 8 heteroatoms. The number of carbonyl (C=O) groups excluding carboxylic acids is 2. The van der Waals surface area contributed by atoms with Gasteiger partial charge in [-0.2, -0.15) is 13.2 Å². The second-order valence-corrected chi connectivity index (χ2v) is 7.72. The van der Waals surface area contributed by atoms with Crippen molar-refractivity contribution in [2.45, 2.75) is 57.4 Å². The third-order valence-electron chi connectivity index (χ3n) is 2.61. The number of unbranched alkanes of at least 4 members (excludes halogenated alkanes) is 3. The maximum atomic E-state index is 11.9. The van der Waals surface area contributed by atoms with Crippen molar-refractivity contribution in [1.29, 1.82) is 0 Å². The van der Waals surface area contributed by atoms with E-state index >= 15 is 0 Å². The lowest BCUT2D eigenvalue weighted by molar-refractivity contribution is -0.173. The highest BCUT2D eigenvalue weighted by atomic mass is 32.2. The first kappa shape index (κ1) is 21.1. The number of hydrogen-bond acceptors (Lipinski definition) is 3. The summed E-state index contributed by atoms with van der Waals surface area (Å²) < 4.78 is 35.7. The van der Waals surface area contributed by atoms with Crippen molar-refractivity contribution >= 4 is 23.6 Å². The highest BCUT2D eigenvalue weighted by Crippen LogP contribution is 2.22. The lowest BCUT2D eigenvalue weighted by Crippen LogP contribution is -2.37. The van der Waals surface area contributed by atoms with Gasteiger partial charge in [0.1, 0.15) is 0 Å². The molecule has 2 amide bonds. The molecule has 130 valence electrons. The zero-order valence-electron chi connectivity index (χ0n) is 13.3. The van der Waals surface area contributed by atoms with Crippen molar-refractivity contribution in [3.8, 4) is 0 Å². The Hall–Kier alpha value is -0.920. The molecule has 2 N–H and O–H groups in total. The van der Waals surface area contributed by atoms with Crippen molar-refractivity contribution in [2.75, 3.05) is 18.8 Å². The van der Waals surface area contributed by atoms with Gasteiger partial charge in [-0.3, -0.25) is 9.59 Å². The van der Waals surface area contributed by atoms with E-state index in [2.05, 4.69) is 5.32 Å². The molecule has 0 aromatic carbocycles. The predicted octanol–water partition coefficient (Wildman–Crippen LogP) is 2.87. The van der Waals surface area contributed by atoms with Crippen LogP contribution in [0.5, 0.6) is 0 Å². The Bertz CT molecular complexity index is 355. The number of nitrogens with one attached hydrogen (secondary N) is 2. The third kappa shape index (κ3) is 12.8. The van der Waals surface area contributed by atoms with Crippen LogP contribution in [-0.2, 0) is 9.59 Å². The van der Waals surface area contributed by atoms with Crippen LogP contribution in [0.15, 0.2) is 0 Å². The summed E-state index contributed by atoms with van der Waals surface area (Å²) in [4.78, 5) is 22.0. The van der Waals surface area contributed by atoms with Gasteiger partial charge in [0.25, 0.3) is 0 Å². The van der Waals surface area contributed by atoms with E-state index < -0.39 is 12.1 Å². The average Bonchev–Trinajstić information content (AvgIpc) is 2.37. The third-order valence-corrected chi connectivity index (χ3v) is 3.88. The molecule has 0 saturated heterocycles. The average molecular weight is 342 g/mol. The highest BCUT2D eigenvalue weighted by Gasteiger charge is 2.38. The van der Waals surface area contributed by atoms with E-state index in [1.165, 1.54) is 0 Å². The Morgan fingerprint density at radius 2 is 1.41 bits per heavy atom. The van der Waals surface area contributed by atoms with Gasteiger partial charge >= 0.3 is 12.1 Å². The number of hydrogen-bond donors (Lipinski definition) is 2. The number of carbonyl (C=O) groups is 2. The molecule has 0 bridgehead atoms. The molecule has 0 radical (unpaired) electrons. The van der Waals surface area contributed by atoms with E-state index in [9.17, 15) is 22.8 Å². The Balaban J connectivity index is 3.44. The van der Waals surface area contributed by atoms with Crippen LogP contribution < -0.4 is 10.6 Å². The van der Waals surface area contributed by atoms with Crippen LogP contribution in [0.3, 0.4) is 0 Å². The molecule has 4 nitrogen and oxygen atoms in total. The molecule has 0 heterocycles. The number of amides is 2. The van der Waals surface area contributed by atoms with Gasteiger partial charge in [0.2, 0.25) is 5.91 Å². The first-order valence-corrected chi connectivity index (χ1v) is 8.26. The van der Waals surface area contributed by atoms with Crippen LogP contribution in [-0.4, -0.2) is 41.6 Å². The maximum Gasteiger partial charge on any atom is 0.471 e. The maximum absolute atomic E-state index is 11.9. The molecule has 0 aliphatic rings. The van der Waals surface area contributed by atoms with Crippen LogP contribution in [0.1, 0.15) is 46.5 Å². The van der Waals surface area contributed by atoms with Gasteiger partial charge in [0.05, 0.1) is 5.75 Å². The summed E-state index contributed by atoms with van der Waals surface area (Å²) >= 11 is 1.58. The van der Waals surface area contributed by atoms with E-state index in [4.69, 9.17) is 0 Å². The monoisotopic (exact) mass is 342 g/mol. The molecule has 0 saturated carbocycles. The lowest BCUT2D eigenvalue weighted by atomic mass is 10.2. The smallest absolute Gasteiger partial charge is 0.355 e. The molecule has 0 rings (SSSR count). The van der Waals surface area contributed by atoms with E-state index in [1.807, 2.05) is 26.1 Å². The fraction of sp³-hybridized carbons (Fsp3) is 0.857. The molecular weight excluding hydrogens is 317 g/mol. The Labute approximate surface area is 134 Å². The largest absolute Gasteiger partial charge is 0.471 e. The minimum absolute atomic E-state index is 0.00244. The Morgan fingerprint density at radius 1 is 0.909 bits per heavy atom. The summed E-state index contributed by atoms with van der Waals surface area (Å²) in [5, 5.41) is 4.63. The fourth-order valence-corrected chi connectivity index (χ4v) is 2.13.